The van der Waals surface area contributed by atoms with Crippen LogP contribution in [0.15, 0.2) is 18.2 Å². The van der Waals surface area contributed by atoms with Crippen LogP contribution in [-0.4, -0.2) is 66.4 Å². The smallest absolute Gasteiger partial charge is 0.271 e. The summed E-state index contributed by atoms with van der Waals surface area (Å²) in [5, 5.41) is 11.2. The molecule has 3 rings (SSSR count). The second-order valence-electron chi connectivity index (χ2n) is 6.60. The van der Waals surface area contributed by atoms with Gasteiger partial charge in [0.15, 0.2) is 0 Å². The lowest BCUT2D eigenvalue weighted by Gasteiger charge is -2.37. The standard InChI is InChI=1S/C17H23ClN4O3/c18-15-12-14(22(24)25)4-5-16(15)20-10-8-19(9-11-20)13-17(23)21-6-2-1-3-7-21/h4-5,12H,1-3,6-11,13H2. The van der Waals surface area contributed by atoms with Gasteiger partial charge in [-0.25, -0.2) is 0 Å². The fourth-order valence-corrected chi connectivity index (χ4v) is 3.74. The lowest BCUT2D eigenvalue weighted by atomic mass is 10.1. The molecule has 2 saturated heterocycles. The molecule has 2 heterocycles. The third kappa shape index (κ3) is 4.41. The Morgan fingerprint density at radius 3 is 2.36 bits per heavy atom. The van der Waals surface area contributed by atoms with E-state index in [0.29, 0.717) is 11.6 Å². The molecule has 0 bridgehead atoms. The summed E-state index contributed by atoms with van der Waals surface area (Å²) < 4.78 is 0. The molecule has 136 valence electrons. The van der Waals surface area contributed by atoms with Crippen LogP contribution in [0.25, 0.3) is 0 Å². The summed E-state index contributed by atoms with van der Waals surface area (Å²) in [6, 6.07) is 4.58. The summed E-state index contributed by atoms with van der Waals surface area (Å²) in [6.07, 6.45) is 3.44. The van der Waals surface area contributed by atoms with Crippen molar-refractivity contribution in [3.8, 4) is 0 Å². The number of anilines is 1. The maximum Gasteiger partial charge on any atom is 0.271 e. The zero-order chi connectivity index (χ0) is 17.8. The van der Waals surface area contributed by atoms with Crippen molar-refractivity contribution in [3.63, 3.8) is 0 Å². The Balaban J connectivity index is 1.53. The van der Waals surface area contributed by atoms with Crippen molar-refractivity contribution in [2.45, 2.75) is 19.3 Å². The van der Waals surface area contributed by atoms with Crippen molar-refractivity contribution in [1.29, 1.82) is 0 Å². The number of benzene rings is 1. The van der Waals surface area contributed by atoms with Gasteiger partial charge >= 0.3 is 0 Å². The number of carbonyl (C=O) groups is 1. The lowest BCUT2D eigenvalue weighted by Crippen LogP contribution is -2.50. The number of piperazine rings is 1. The van der Waals surface area contributed by atoms with Gasteiger partial charge in [-0.3, -0.25) is 19.8 Å². The highest BCUT2D eigenvalue weighted by atomic mass is 35.5. The normalized spacial score (nSPS) is 19.1. The molecule has 1 aromatic rings. The van der Waals surface area contributed by atoms with E-state index in [1.165, 1.54) is 18.6 Å². The molecule has 0 spiro atoms. The predicted molar refractivity (Wildman–Crippen MR) is 97.2 cm³/mol. The molecule has 0 aliphatic carbocycles. The first-order valence-corrected chi connectivity index (χ1v) is 9.11. The van der Waals surface area contributed by atoms with Crippen LogP contribution in [0.3, 0.4) is 0 Å². The topological polar surface area (TPSA) is 69.9 Å². The number of non-ortho nitro benzene ring substituents is 1. The molecule has 1 amide bonds. The predicted octanol–water partition coefficient (Wildman–Crippen LogP) is 2.38. The number of hydrogen-bond donors (Lipinski definition) is 0. The van der Waals surface area contributed by atoms with E-state index < -0.39 is 4.92 Å². The van der Waals surface area contributed by atoms with Gasteiger partial charge in [-0.15, -0.1) is 0 Å². The summed E-state index contributed by atoms with van der Waals surface area (Å²) in [7, 11) is 0. The third-order valence-electron chi connectivity index (χ3n) is 4.92. The summed E-state index contributed by atoms with van der Waals surface area (Å²) in [6.45, 7) is 5.33. The highest BCUT2D eigenvalue weighted by Gasteiger charge is 2.24. The number of hydrogen-bond acceptors (Lipinski definition) is 5. The Morgan fingerprint density at radius 2 is 1.76 bits per heavy atom. The summed E-state index contributed by atoms with van der Waals surface area (Å²) in [5.41, 5.74) is 0.814. The number of halogens is 1. The first kappa shape index (κ1) is 17.9. The summed E-state index contributed by atoms with van der Waals surface area (Å²) >= 11 is 6.21. The molecule has 0 aromatic heterocycles. The van der Waals surface area contributed by atoms with E-state index in [1.54, 1.807) is 6.07 Å². The molecule has 0 radical (unpaired) electrons. The number of piperidine rings is 1. The van der Waals surface area contributed by atoms with E-state index in [1.807, 2.05) is 4.90 Å². The zero-order valence-corrected chi connectivity index (χ0v) is 15.0. The van der Waals surface area contributed by atoms with Crippen LogP contribution in [-0.2, 0) is 4.79 Å². The quantitative estimate of drug-likeness (QED) is 0.604. The van der Waals surface area contributed by atoms with Crippen LogP contribution >= 0.6 is 11.6 Å². The Bertz CT molecular complexity index is 641. The molecule has 8 heteroatoms. The van der Waals surface area contributed by atoms with Crippen molar-refractivity contribution in [3.05, 3.63) is 33.3 Å². The van der Waals surface area contributed by atoms with E-state index in [0.717, 1.165) is 57.8 Å². The van der Waals surface area contributed by atoms with Gasteiger partial charge in [-0.1, -0.05) is 11.6 Å². The summed E-state index contributed by atoms with van der Waals surface area (Å²) in [5.74, 6) is 0.224. The fourth-order valence-electron chi connectivity index (χ4n) is 3.45. The number of amides is 1. The molecule has 0 N–H and O–H groups in total. The Kier molecular flexibility index (Phi) is 5.75. The van der Waals surface area contributed by atoms with Gasteiger partial charge in [0.2, 0.25) is 5.91 Å². The van der Waals surface area contributed by atoms with Crippen molar-refractivity contribution in [1.82, 2.24) is 9.80 Å². The van der Waals surface area contributed by atoms with Gasteiger partial charge in [0.05, 0.1) is 22.2 Å². The Hall–Kier alpha value is -1.86. The van der Waals surface area contributed by atoms with Crippen molar-refractivity contribution in [2.75, 3.05) is 50.7 Å². The van der Waals surface area contributed by atoms with Gasteiger partial charge in [0, 0.05) is 51.4 Å². The van der Waals surface area contributed by atoms with Crippen molar-refractivity contribution in [2.24, 2.45) is 0 Å². The monoisotopic (exact) mass is 366 g/mol. The Labute approximate surface area is 152 Å². The van der Waals surface area contributed by atoms with Gasteiger partial charge in [-0.05, 0) is 25.3 Å². The van der Waals surface area contributed by atoms with Crippen LogP contribution in [0, 0.1) is 10.1 Å². The molecular weight excluding hydrogens is 344 g/mol. The fraction of sp³-hybridized carbons (Fsp3) is 0.588. The number of carbonyl (C=O) groups excluding carboxylic acids is 1. The number of likely N-dealkylation sites (tertiary alicyclic amines) is 1. The molecule has 0 saturated carbocycles. The van der Waals surface area contributed by atoms with Crippen LogP contribution in [0.1, 0.15) is 19.3 Å². The molecule has 2 aliphatic heterocycles. The van der Waals surface area contributed by atoms with Crippen LogP contribution < -0.4 is 4.90 Å². The van der Waals surface area contributed by atoms with Crippen molar-refractivity contribution < 1.29 is 9.72 Å². The minimum absolute atomic E-state index is 0.000450. The average Bonchev–Trinajstić information content (AvgIpc) is 2.63. The van der Waals surface area contributed by atoms with E-state index >= 15 is 0 Å². The molecule has 2 aliphatic rings. The third-order valence-corrected chi connectivity index (χ3v) is 5.23. The average molecular weight is 367 g/mol. The number of nitro groups is 1. The second-order valence-corrected chi connectivity index (χ2v) is 7.00. The highest BCUT2D eigenvalue weighted by Crippen LogP contribution is 2.30. The molecule has 7 nitrogen and oxygen atoms in total. The van der Waals surface area contributed by atoms with E-state index in [9.17, 15) is 14.9 Å². The van der Waals surface area contributed by atoms with Gasteiger partial charge in [0.25, 0.3) is 5.69 Å². The Morgan fingerprint density at radius 1 is 1.08 bits per heavy atom. The minimum atomic E-state index is -0.445. The van der Waals surface area contributed by atoms with Crippen LogP contribution in [0.4, 0.5) is 11.4 Å². The number of nitrogens with zero attached hydrogens (tertiary/aromatic N) is 4. The second kappa shape index (κ2) is 8.01. The maximum absolute atomic E-state index is 12.4. The van der Waals surface area contributed by atoms with Crippen molar-refractivity contribution >= 4 is 28.9 Å². The minimum Gasteiger partial charge on any atom is -0.368 e. The lowest BCUT2D eigenvalue weighted by molar-refractivity contribution is -0.384. The van der Waals surface area contributed by atoms with Crippen LogP contribution in [0.2, 0.25) is 5.02 Å². The van der Waals surface area contributed by atoms with Gasteiger partial charge in [0.1, 0.15) is 0 Å². The van der Waals surface area contributed by atoms with E-state index in [2.05, 4.69) is 9.80 Å². The number of nitro benzene ring substituents is 1. The first-order valence-electron chi connectivity index (χ1n) is 8.73. The molecular formula is C17H23ClN4O3. The maximum atomic E-state index is 12.4. The SMILES string of the molecule is O=C(CN1CCN(c2ccc([N+](=O)[O-])cc2Cl)CC1)N1CCCCC1. The van der Waals surface area contributed by atoms with Gasteiger partial charge < -0.3 is 9.80 Å². The molecule has 1 aromatic carbocycles. The molecule has 0 unspecified atom stereocenters. The molecule has 2 fully saturated rings. The first-order chi connectivity index (χ1) is 12.0. The van der Waals surface area contributed by atoms with Crippen LogP contribution in [0.5, 0.6) is 0 Å². The largest absolute Gasteiger partial charge is 0.368 e. The number of rotatable bonds is 4. The van der Waals surface area contributed by atoms with E-state index in [-0.39, 0.29) is 11.6 Å². The van der Waals surface area contributed by atoms with E-state index in [4.69, 9.17) is 11.6 Å². The molecule has 25 heavy (non-hydrogen) atoms. The van der Waals surface area contributed by atoms with Gasteiger partial charge in [-0.2, -0.15) is 0 Å². The summed E-state index contributed by atoms with van der Waals surface area (Å²) in [4.78, 5) is 29.0. The highest BCUT2D eigenvalue weighted by molar-refractivity contribution is 6.33. The zero-order valence-electron chi connectivity index (χ0n) is 14.2. The molecule has 0 atom stereocenters.